The second kappa shape index (κ2) is 6.81. The largest absolute Gasteiger partial charge is 0.355 e. The van der Waals surface area contributed by atoms with Gasteiger partial charge < -0.3 is 9.84 Å². The molecule has 0 saturated heterocycles. The second-order valence-corrected chi connectivity index (χ2v) is 6.12. The van der Waals surface area contributed by atoms with Crippen LogP contribution in [0.4, 0.5) is 5.69 Å². The maximum Gasteiger partial charge on any atom is 0.270 e. The molecule has 0 radical (unpaired) electrons. The van der Waals surface area contributed by atoms with Crippen LogP contribution < -0.4 is 5.32 Å². The van der Waals surface area contributed by atoms with Gasteiger partial charge in [0, 0.05) is 18.2 Å². The van der Waals surface area contributed by atoms with Crippen LogP contribution in [0.1, 0.15) is 16.1 Å². The molecular formula is C15H10ClN3O4S. The fraction of sp³-hybridized carbons (Fsp3) is 0.0667. The van der Waals surface area contributed by atoms with Gasteiger partial charge in [-0.05, 0) is 17.5 Å². The first-order chi connectivity index (χ1) is 11.5. The Morgan fingerprint density at radius 2 is 2.21 bits per heavy atom. The predicted molar refractivity (Wildman–Crippen MR) is 89.1 cm³/mol. The van der Waals surface area contributed by atoms with Crippen LogP contribution in [0.25, 0.3) is 10.6 Å². The van der Waals surface area contributed by atoms with Crippen LogP contribution in [0.2, 0.25) is 5.02 Å². The van der Waals surface area contributed by atoms with Crippen LogP contribution >= 0.6 is 22.9 Å². The molecule has 0 fully saturated rings. The molecule has 1 aromatic carbocycles. The number of halogens is 1. The number of non-ortho nitro benzene ring substituents is 1. The van der Waals surface area contributed by atoms with E-state index in [2.05, 4.69) is 10.5 Å². The van der Waals surface area contributed by atoms with E-state index in [0.717, 1.165) is 10.9 Å². The van der Waals surface area contributed by atoms with Gasteiger partial charge in [0.15, 0.2) is 5.76 Å². The summed E-state index contributed by atoms with van der Waals surface area (Å²) in [7, 11) is 0. The molecule has 24 heavy (non-hydrogen) atoms. The molecule has 1 amide bonds. The predicted octanol–water partition coefficient (Wildman–Crippen LogP) is 3.89. The Labute approximate surface area is 145 Å². The van der Waals surface area contributed by atoms with Crippen LogP contribution in [-0.2, 0) is 6.54 Å². The number of nitrogens with zero attached hydrogens (tertiary/aromatic N) is 2. The van der Waals surface area contributed by atoms with E-state index in [-0.39, 0.29) is 22.8 Å². The van der Waals surface area contributed by atoms with E-state index in [1.807, 2.05) is 17.5 Å². The molecule has 2 aromatic heterocycles. The van der Waals surface area contributed by atoms with Crippen molar-refractivity contribution in [3.05, 3.63) is 68.2 Å². The van der Waals surface area contributed by atoms with Crippen molar-refractivity contribution in [2.75, 3.05) is 0 Å². The van der Waals surface area contributed by atoms with Gasteiger partial charge in [-0.15, -0.1) is 11.3 Å². The fourth-order valence-electron chi connectivity index (χ4n) is 2.00. The van der Waals surface area contributed by atoms with Gasteiger partial charge in [-0.25, -0.2) is 0 Å². The molecule has 1 N–H and O–H groups in total. The summed E-state index contributed by atoms with van der Waals surface area (Å²) in [5, 5.41) is 19.3. The molecule has 0 aliphatic heterocycles. The minimum atomic E-state index is -0.585. The molecule has 3 aromatic rings. The first-order valence-electron chi connectivity index (χ1n) is 6.76. The van der Waals surface area contributed by atoms with E-state index in [9.17, 15) is 14.9 Å². The molecule has 9 heteroatoms. The number of rotatable bonds is 5. The summed E-state index contributed by atoms with van der Waals surface area (Å²) in [5.41, 5.74) is 0.368. The lowest BCUT2D eigenvalue weighted by molar-refractivity contribution is -0.384. The van der Waals surface area contributed by atoms with Crippen molar-refractivity contribution < 1.29 is 14.2 Å². The molecule has 0 saturated carbocycles. The van der Waals surface area contributed by atoms with Gasteiger partial charge in [0.25, 0.3) is 11.6 Å². The quantitative estimate of drug-likeness (QED) is 0.547. The van der Waals surface area contributed by atoms with Crippen LogP contribution in [-0.4, -0.2) is 16.0 Å². The summed E-state index contributed by atoms with van der Waals surface area (Å²) in [5.74, 6) is 0.0898. The first-order valence-corrected chi connectivity index (χ1v) is 8.02. The van der Waals surface area contributed by atoms with Crippen molar-refractivity contribution in [3.8, 4) is 10.6 Å². The lowest BCUT2D eigenvalue weighted by Crippen LogP contribution is -2.23. The normalized spacial score (nSPS) is 10.5. The standard InChI is InChI=1S/C15H10ClN3O4S/c16-12-4-3-10(19(21)22)7-11(12)15(20)17-8-9-6-13(23-18-9)14-2-1-5-24-14/h1-7H,8H2,(H,17,20). The van der Waals surface area contributed by atoms with Gasteiger partial charge in [0.1, 0.15) is 5.69 Å². The monoisotopic (exact) mass is 363 g/mol. The Hall–Kier alpha value is -2.71. The number of nitrogens with one attached hydrogen (secondary N) is 1. The van der Waals surface area contributed by atoms with Crippen molar-refractivity contribution in [1.29, 1.82) is 0 Å². The van der Waals surface area contributed by atoms with Gasteiger partial charge in [0.2, 0.25) is 0 Å². The first kappa shape index (κ1) is 16.2. The highest BCUT2D eigenvalue weighted by Gasteiger charge is 2.16. The third-order valence-electron chi connectivity index (χ3n) is 3.16. The molecule has 2 heterocycles. The van der Waals surface area contributed by atoms with E-state index in [4.69, 9.17) is 16.1 Å². The molecule has 0 atom stereocenters. The molecule has 0 aliphatic carbocycles. The highest BCUT2D eigenvalue weighted by atomic mass is 35.5. The molecule has 7 nitrogen and oxygen atoms in total. The van der Waals surface area contributed by atoms with E-state index >= 15 is 0 Å². The molecule has 0 bridgehead atoms. The maximum absolute atomic E-state index is 12.2. The zero-order valence-corrected chi connectivity index (χ0v) is 13.6. The average molecular weight is 364 g/mol. The van der Waals surface area contributed by atoms with E-state index in [1.165, 1.54) is 23.5 Å². The second-order valence-electron chi connectivity index (χ2n) is 4.76. The van der Waals surface area contributed by atoms with E-state index in [1.54, 1.807) is 6.07 Å². The topological polar surface area (TPSA) is 98.3 Å². The number of amides is 1. The summed E-state index contributed by atoms with van der Waals surface area (Å²) in [4.78, 5) is 23.3. The Morgan fingerprint density at radius 3 is 2.92 bits per heavy atom. The Morgan fingerprint density at radius 1 is 1.38 bits per heavy atom. The van der Waals surface area contributed by atoms with Crippen molar-refractivity contribution >= 4 is 34.5 Å². The Bertz CT molecular complexity index is 892. The van der Waals surface area contributed by atoms with Gasteiger partial charge in [0.05, 0.1) is 26.9 Å². The van der Waals surface area contributed by atoms with Gasteiger partial charge >= 0.3 is 0 Å². The smallest absolute Gasteiger partial charge is 0.270 e. The minimum Gasteiger partial charge on any atom is -0.355 e. The SMILES string of the molecule is O=C(NCc1cc(-c2cccs2)on1)c1cc([N+](=O)[O-])ccc1Cl. The van der Waals surface area contributed by atoms with Gasteiger partial charge in [-0.2, -0.15) is 0 Å². The molecule has 0 unspecified atom stereocenters. The molecule has 3 rings (SSSR count). The summed E-state index contributed by atoms with van der Waals surface area (Å²) in [6, 6.07) is 9.22. The van der Waals surface area contributed by atoms with Gasteiger partial charge in [-0.3, -0.25) is 14.9 Å². The summed E-state index contributed by atoms with van der Waals surface area (Å²) in [6.07, 6.45) is 0. The van der Waals surface area contributed by atoms with E-state index in [0.29, 0.717) is 11.5 Å². The third-order valence-corrected chi connectivity index (χ3v) is 4.37. The maximum atomic E-state index is 12.2. The number of thiophene rings is 1. The number of hydrogen-bond acceptors (Lipinski definition) is 6. The molecule has 0 aliphatic rings. The average Bonchev–Trinajstić information content (AvgIpc) is 3.24. The fourth-order valence-corrected chi connectivity index (χ4v) is 2.87. The Kier molecular flexibility index (Phi) is 4.59. The van der Waals surface area contributed by atoms with Crippen LogP contribution in [0.5, 0.6) is 0 Å². The number of carbonyl (C=O) groups excluding carboxylic acids is 1. The van der Waals surface area contributed by atoms with Gasteiger partial charge in [-0.1, -0.05) is 22.8 Å². The third kappa shape index (κ3) is 3.44. The summed E-state index contributed by atoms with van der Waals surface area (Å²) >= 11 is 7.45. The Balaban J connectivity index is 1.70. The van der Waals surface area contributed by atoms with Crippen molar-refractivity contribution in [2.45, 2.75) is 6.54 Å². The van der Waals surface area contributed by atoms with Crippen LogP contribution in [0.15, 0.2) is 46.3 Å². The zero-order valence-electron chi connectivity index (χ0n) is 12.1. The number of carbonyl (C=O) groups is 1. The molecule has 122 valence electrons. The van der Waals surface area contributed by atoms with Crippen molar-refractivity contribution in [1.82, 2.24) is 10.5 Å². The summed E-state index contributed by atoms with van der Waals surface area (Å²) in [6.45, 7) is 0.118. The van der Waals surface area contributed by atoms with E-state index < -0.39 is 10.8 Å². The van der Waals surface area contributed by atoms with Crippen LogP contribution in [0, 0.1) is 10.1 Å². The number of hydrogen-bond donors (Lipinski definition) is 1. The number of nitro benzene ring substituents is 1. The molecule has 0 spiro atoms. The number of aromatic nitrogens is 1. The lowest BCUT2D eigenvalue weighted by atomic mass is 10.2. The molecular weight excluding hydrogens is 354 g/mol. The number of nitro groups is 1. The highest BCUT2D eigenvalue weighted by Crippen LogP contribution is 2.25. The van der Waals surface area contributed by atoms with Crippen molar-refractivity contribution in [2.24, 2.45) is 0 Å². The van der Waals surface area contributed by atoms with Crippen molar-refractivity contribution in [3.63, 3.8) is 0 Å². The number of benzene rings is 1. The van der Waals surface area contributed by atoms with Crippen LogP contribution in [0.3, 0.4) is 0 Å². The minimum absolute atomic E-state index is 0.0350. The highest BCUT2D eigenvalue weighted by molar-refractivity contribution is 7.13. The summed E-state index contributed by atoms with van der Waals surface area (Å²) < 4.78 is 5.22. The lowest BCUT2D eigenvalue weighted by Gasteiger charge is -2.05. The zero-order chi connectivity index (χ0) is 17.1.